The Labute approximate surface area is 135 Å². The van der Waals surface area contributed by atoms with Gasteiger partial charge >= 0.3 is 0 Å². The second-order valence-corrected chi connectivity index (χ2v) is 6.41. The predicted octanol–water partition coefficient (Wildman–Crippen LogP) is 4.73. The molecule has 0 bridgehead atoms. The summed E-state index contributed by atoms with van der Waals surface area (Å²) in [4.78, 5) is 4.43. The molecule has 108 valence electrons. The van der Waals surface area contributed by atoms with Crippen molar-refractivity contribution in [1.29, 1.82) is 0 Å². The fourth-order valence-corrected chi connectivity index (χ4v) is 2.97. The first-order valence-corrected chi connectivity index (χ1v) is 7.72. The van der Waals surface area contributed by atoms with E-state index in [1.54, 1.807) is 12.1 Å². The van der Waals surface area contributed by atoms with Gasteiger partial charge in [0.1, 0.15) is 17.1 Å². The topological polar surface area (TPSA) is 38.0 Å². The van der Waals surface area contributed by atoms with Crippen molar-refractivity contribution in [1.82, 2.24) is 9.55 Å². The molecule has 3 aromatic rings. The quantitative estimate of drug-likeness (QED) is 0.636. The van der Waals surface area contributed by atoms with Crippen LogP contribution in [0.2, 0.25) is 0 Å². The van der Waals surface area contributed by atoms with Crippen LogP contribution in [-0.2, 0) is 0 Å². The highest BCUT2D eigenvalue weighted by molar-refractivity contribution is 14.1. The van der Waals surface area contributed by atoms with E-state index in [1.807, 2.05) is 36.6 Å². The van der Waals surface area contributed by atoms with Crippen LogP contribution in [0.1, 0.15) is 19.9 Å². The summed E-state index contributed by atoms with van der Waals surface area (Å²) in [5.74, 6) is 0.382. The molecule has 1 N–H and O–H groups in total. The number of rotatable bonds is 2. The van der Waals surface area contributed by atoms with Gasteiger partial charge in [0.25, 0.3) is 0 Å². The second kappa shape index (κ2) is 5.29. The molecule has 0 spiro atoms. The fraction of sp³-hybridized carbons (Fsp3) is 0.188. The molecule has 0 aliphatic heterocycles. The molecule has 0 radical (unpaired) electrons. The molecule has 0 saturated heterocycles. The number of imidazole rings is 1. The maximum Gasteiger partial charge on any atom is 0.151 e. The third kappa shape index (κ3) is 2.39. The number of phenolic OH excluding ortho intramolecular Hbond substituents is 1. The van der Waals surface area contributed by atoms with E-state index < -0.39 is 0 Å². The van der Waals surface area contributed by atoms with E-state index in [9.17, 15) is 9.50 Å². The highest BCUT2D eigenvalue weighted by Crippen LogP contribution is 2.34. The van der Waals surface area contributed by atoms with Gasteiger partial charge in [-0.25, -0.2) is 9.37 Å². The van der Waals surface area contributed by atoms with Crippen molar-refractivity contribution in [3.63, 3.8) is 0 Å². The molecule has 1 aromatic heterocycles. The Hall–Kier alpha value is -1.63. The van der Waals surface area contributed by atoms with Crippen molar-refractivity contribution in [2.24, 2.45) is 0 Å². The Morgan fingerprint density at radius 1 is 1.24 bits per heavy atom. The standard InChI is InChI=1S/C16H14FIN2O/c1-9(2)20-13-5-3-4-12(17)15(13)19-16(20)11-8-10(18)6-7-14(11)21/h3-9,21H,1-2H3. The molecular weight excluding hydrogens is 382 g/mol. The summed E-state index contributed by atoms with van der Waals surface area (Å²) in [5, 5.41) is 10.1. The van der Waals surface area contributed by atoms with Crippen LogP contribution in [0.25, 0.3) is 22.4 Å². The summed E-state index contributed by atoms with van der Waals surface area (Å²) in [6.45, 7) is 4.03. The summed E-state index contributed by atoms with van der Waals surface area (Å²) in [6.07, 6.45) is 0. The number of nitrogens with zero attached hydrogens (tertiary/aromatic N) is 2. The predicted molar refractivity (Wildman–Crippen MR) is 89.9 cm³/mol. The lowest BCUT2D eigenvalue weighted by molar-refractivity contribution is 0.476. The Kier molecular flexibility index (Phi) is 3.61. The van der Waals surface area contributed by atoms with Gasteiger partial charge in [0.2, 0.25) is 0 Å². The second-order valence-electron chi connectivity index (χ2n) is 5.17. The molecule has 0 aliphatic rings. The zero-order valence-electron chi connectivity index (χ0n) is 11.6. The van der Waals surface area contributed by atoms with E-state index in [2.05, 4.69) is 27.6 Å². The minimum absolute atomic E-state index is 0.101. The van der Waals surface area contributed by atoms with Crippen molar-refractivity contribution in [2.75, 3.05) is 0 Å². The van der Waals surface area contributed by atoms with Crippen LogP contribution in [0.3, 0.4) is 0 Å². The summed E-state index contributed by atoms with van der Waals surface area (Å²) >= 11 is 2.18. The Balaban J connectivity index is 2.39. The molecule has 21 heavy (non-hydrogen) atoms. The van der Waals surface area contributed by atoms with E-state index in [4.69, 9.17) is 0 Å². The summed E-state index contributed by atoms with van der Waals surface area (Å²) in [7, 11) is 0. The lowest BCUT2D eigenvalue weighted by Gasteiger charge is -2.14. The van der Waals surface area contributed by atoms with Crippen molar-refractivity contribution < 1.29 is 9.50 Å². The zero-order chi connectivity index (χ0) is 15.1. The minimum Gasteiger partial charge on any atom is -0.507 e. The Morgan fingerprint density at radius 2 is 2.00 bits per heavy atom. The molecule has 3 nitrogen and oxygen atoms in total. The van der Waals surface area contributed by atoms with Gasteiger partial charge in [0.05, 0.1) is 11.1 Å². The monoisotopic (exact) mass is 396 g/mol. The van der Waals surface area contributed by atoms with Crippen LogP contribution in [0.4, 0.5) is 4.39 Å². The van der Waals surface area contributed by atoms with Gasteiger partial charge in [-0.15, -0.1) is 0 Å². The average molecular weight is 396 g/mol. The third-order valence-corrected chi connectivity index (χ3v) is 4.06. The highest BCUT2D eigenvalue weighted by atomic mass is 127. The number of fused-ring (bicyclic) bond motifs is 1. The van der Waals surface area contributed by atoms with Gasteiger partial charge in [-0.2, -0.15) is 0 Å². The molecule has 3 rings (SSSR count). The smallest absolute Gasteiger partial charge is 0.151 e. The number of aromatic nitrogens is 2. The number of halogens is 2. The summed E-state index contributed by atoms with van der Waals surface area (Å²) in [5.41, 5.74) is 1.68. The van der Waals surface area contributed by atoms with E-state index in [0.717, 1.165) is 9.09 Å². The van der Waals surface area contributed by atoms with Crippen LogP contribution < -0.4 is 0 Å². The maximum absolute atomic E-state index is 14.0. The van der Waals surface area contributed by atoms with Crippen molar-refractivity contribution in [3.05, 3.63) is 45.8 Å². The molecule has 0 aliphatic carbocycles. The van der Waals surface area contributed by atoms with Gasteiger partial charge in [-0.3, -0.25) is 0 Å². The third-order valence-electron chi connectivity index (χ3n) is 3.39. The zero-order valence-corrected chi connectivity index (χ0v) is 13.8. The van der Waals surface area contributed by atoms with Crippen LogP contribution in [0.5, 0.6) is 5.75 Å². The first-order chi connectivity index (χ1) is 9.99. The first kappa shape index (κ1) is 14.3. The van der Waals surface area contributed by atoms with Crippen LogP contribution >= 0.6 is 22.6 Å². The number of benzene rings is 2. The lowest BCUT2D eigenvalue weighted by Crippen LogP contribution is -2.03. The normalized spacial score (nSPS) is 11.5. The van der Waals surface area contributed by atoms with E-state index in [-0.39, 0.29) is 17.6 Å². The number of phenols is 1. The molecule has 0 atom stereocenters. The number of aromatic hydroxyl groups is 1. The van der Waals surface area contributed by atoms with Gasteiger partial charge < -0.3 is 9.67 Å². The molecule has 1 heterocycles. The van der Waals surface area contributed by atoms with Gasteiger partial charge in [-0.05, 0) is 66.8 Å². The largest absolute Gasteiger partial charge is 0.507 e. The van der Waals surface area contributed by atoms with Crippen LogP contribution in [-0.4, -0.2) is 14.7 Å². The van der Waals surface area contributed by atoms with E-state index in [1.165, 1.54) is 6.07 Å². The van der Waals surface area contributed by atoms with E-state index >= 15 is 0 Å². The molecule has 2 aromatic carbocycles. The molecule has 0 fully saturated rings. The van der Waals surface area contributed by atoms with E-state index in [0.29, 0.717) is 16.9 Å². The van der Waals surface area contributed by atoms with Crippen molar-refractivity contribution in [3.8, 4) is 17.1 Å². The number of para-hydroxylation sites is 1. The average Bonchev–Trinajstić information content (AvgIpc) is 2.82. The number of hydrogen-bond donors (Lipinski definition) is 1. The van der Waals surface area contributed by atoms with Crippen LogP contribution in [0, 0.1) is 9.39 Å². The number of hydrogen-bond acceptors (Lipinski definition) is 2. The SMILES string of the molecule is CC(C)n1c(-c2cc(I)ccc2O)nc2c(F)cccc21. The minimum atomic E-state index is -0.349. The van der Waals surface area contributed by atoms with Crippen molar-refractivity contribution >= 4 is 33.6 Å². The summed E-state index contributed by atoms with van der Waals surface area (Å²) < 4.78 is 16.9. The first-order valence-electron chi connectivity index (χ1n) is 6.64. The lowest BCUT2D eigenvalue weighted by atomic mass is 10.2. The van der Waals surface area contributed by atoms with Gasteiger partial charge in [0.15, 0.2) is 5.82 Å². The summed E-state index contributed by atoms with van der Waals surface area (Å²) in [6, 6.07) is 10.3. The van der Waals surface area contributed by atoms with Crippen LogP contribution in [0.15, 0.2) is 36.4 Å². The van der Waals surface area contributed by atoms with Gasteiger partial charge in [0, 0.05) is 9.61 Å². The highest BCUT2D eigenvalue weighted by Gasteiger charge is 2.19. The molecule has 0 saturated carbocycles. The Morgan fingerprint density at radius 3 is 2.71 bits per heavy atom. The maximum atomic E-state index is 14.0. The Bertz CT molecular complexity index is 827. The van der Waals surface area contributed by atoms with Gasteiger partial charge in [-0.1, -0.05) is 6.07 Å². The molecule has 0 unspecified atom stereocenters. The fourth-order valence-electron chi connectivity index (χ4n) is 2.48. The molecule has 0 amide bonds. The molecular formula is C16H14FIN2O. The van der Waals surface area contributed by atoms with Crippen molar-refractivity contribution in [2.45, 2.75) is 19.9 Å². The molecule has 5 heteroatoms.